The zero-order valence-electron chi connectivity index (χ0n) is 13.7. The first kappa shape index (κ1) is 19.4. The summed E-state index contributed by atoms with van der Waals surface area (Å²) < 4.78 is 10.4. The van der Waals surface area contributed by atoms with Crippen LogP contribution in [0.15, 0.2) is 18.2 Å². The van der Waals surface area contributed by atoms with Crippen LogP contribution in [0.25, 0.3) is 0 Å². The van der Waals surface area contributed by atoms with Crippen LogP contribution in [0.2, 0.25) is 10.0 Å². The van der Waals surface area contributed by atoms with Crippen molar-refractivity contribution < 1.29 is 19.1 Å². The van der Waals surface area contributed by atoms with Gasteiger partial charge in [-0.1, -0.05) is 23.2 Å². The van der Waals surface area contributed by atoms with Gasteiger partial charge in [-0.3, -0.25) is 4.79 Å². The lowest BCUT2D eigenvalue weighted by Gasteiger charge is -2.22. The maximum absolute atomic E-state index is 12.0. The molecule has 1 saturated carbocycles. The quantitative estimate of drug-likeness (QED) is 0.760. The van der Waals surface area contributed by atoms with Gasteiger partial charge in [-0.2, -0.15) is 5.26 Å². The first-order valence-electron chi connectivity index (χ1n) is 7.86. The molecule has 1 aliphatic rings. The number of nitrogens with one attached hydrogen (secondary N) is 1. The fraction of sp³-hybridized carbons (Fsp3) is 0.471. The van der Waals surface area contributed by atoms with Gasteiger partial charge in [0.2, 0.25) is 0 Å². The van der Waals surface area contributed by atoms with Crippen LogP contribution in [0.1, 0.15) is 32.6 Å². The van der Waals surface area contributed by atoms with Gasteiger partial charge >= 0.3 is 5.97 Å². The van der Waals surface area contributed by atoms with Gasteiger partial charge in [0, 0.05) is 5.02 Å². The van der Waals surface area contributed by atoms with E-state index in [-0.39, 0.29) is 10.8 Å². The summed E-state index contributed by atoms with van der Waals surface area (Å²) in [7, 11) is 0. The number of carbonyl (C=O) groups is 2. The Morgan fingerprint density at radius 2 is 2.04 bits per heavy atom. The molecule has 1 N–H and O–H groups in total. The van der Waals surface area contributed by atoms with Crippen molar-refractivity contribution in [2.45, 2.75) is 44.2 Å². The van der Waals surface area contributed by atoms with Gasteiger partial charge in [0.25, 0.3) is 5.91 Å². The van der Waals surface area contributed by atoms with E-state index >= 15 is 0 Å². The van der Waals surface area contributed by atoms with E-state index < -0.39 is 30.1 Å². The summed E-state index contributed by atoms with van der Waals surface area (Å²) in [5.41, 5.74) is -0.845. The van der Waals surface area contributed by atoms with Crippen LogP contribution >= 0.6 is 23.2 Å². The van der Waals surface area contributed by atoms with Crippen molar-refractivity contribution in [3.63, 3.8) is 0 Å². The second-order valence-electron chi connectivity index (χ2n) is 5.89. The number of hydrogen-bond donors (Lipinski definition) is 1. The van der Waals surface area contributed by atoms with Crippen LogP contribution in [-0.4, -0.2) is 30.1 Å². The van der Waals surface area contributed by atoms with Gasteiger partial charge in [-0.15, -0.1) is 0 Å². The van der Waals surface area contributed by atoms with Crippen LogP contribution < -0.4 is 10.1 Å². The van der Waals surface area contributed by atoms with Crippen molar-refractivity contribution >= 4 is 35.1 Å². The minimum atomic E-state index is -0.956. The second kappa shape index (κ2) is 8.41. The lowest BCUT2D eigenvalue weighted by Crippen LogP contribution is -2.47. The van der Waals surface area contributed by atoms with Crippen molar-refractivity contribution in [3.05, 3.63) is 28.2 Å². The van der Waals surface area contributed by atoms with E-state index in [4.69, 9.17) is 32.7 Å². The molecule has 6 nitrogen and oxygen atoms in total. The second-order valence-corrected chi connectivity index (χ2v) is 6.74. The highest BCUT2D eigenvalue weighted by molar-refractivity contribution is 6.35. The first-order valence-corrected chi connectivity index (χ1v) is 8.61. The summed E-state index contributed by atoms with van der Waals surface area (Å²) in [4.78, 5) is 23.9. The molecule has 1 aliphatic carbocycles. The third kappa shape index (κ3) is 5.25. The lowest BCUT2D eigenvalue weighted by molar-refractivity contribution is -0.155. The highest BCUT2D eigenvalue weighted by atomic mass is 35.5. The molecule has 0 spiro atoms. The Balaban J connectivity index is 1.83. The molecule has 8 heteroatoms. The number of hydrogen-bond acceptors (Lipinski definition) is 5. The molecule has 1 fully saturated rings. The number of ether oxygens (including phenoxy) is 2. The van der Waals surface area contributed by atoms with E-state index in [9.17, 15) is 14.9 Å². The largest absolute Gasteiger partial charge is 0.477 e. The number of halogens is 2. The number of nitriles is 1. The standard InChI is InChI=1S/C17H18Cl2N2O4/c1-11(25-14-5-4-12(18)8-13(14)19)16(23)24-9-15(22)21-17(10-20)6-2-3-7-17/h4-5,8,11H,2-3,6-7,9H2,1H3,(H,21,22). The van der Waals surface area contributed by atoms with Crippen LogP contribution in [0, 0.1) is 11.3 Å². The van der Waals surface area contributed by atoms with Gasteiger partial charge in [0.1, 0.15) is 11.3 Å². The van der Waals surface area contributed by atoms with E-state index in [1.807, 2.05) is 0 Å². The van der Waals surface area contributed by atoms with Gasteiger partial charge < -0.3 is 14.8 Å². The van der Waals surface area contributed by atoms with Crippen molar-refractivity contribution in [3.8, 4) is 11.8 Å². The third-order valence-corrected chi connectivity index (χ3v) is 4.46. The van der Waals surface area contributed by atoms with Crippen molar-refractivity contribution in [2.75, 3.05) is 6.61 Å². The molecule has 2 rings (SSSR count). The van der Waals surface area contributed by atoms with E-state index in [0.717, 1.165) is 12.8 Å². The highest BCUT2D eigenvalue weighted by Gasteiger charge is 2.35. The molecule has 25 heavy (non-hydrogen) atoms. The zero-order valence-corrected chi connectivity index (χ0v) is 15.2. The molecular formula is C17H18Cl2N2O4. The molecule has 0 bridgehead atoms. The highest BCUT2D eigenvalue weighted by Crippen LogP contribution is 2.29. The molecule has 1 aromatic rings. The molecular weight excluding hydrogens is 367 g/mol. The van der Waals surface area contributed by atoms with Gasteiger partial charge in [0.05, 0.1) is 11.1 Å². The smallest absolute Gasteiger partial charge is 0.347 e. The zero-order chi connectivity index (χ0) is 18.4. The molecule has 1 unspecified atom stereocenters. The molecule has 0 radical (unpaired) electrons. The number of carbonyl (C=O) groups excluding carboxylic acids is 2. The van der Waals surface area contributed by atoms with Gasteiger partial charge in [-0.25, -0.2) is 4.79 Å². The number of benzene rings is 1. The Bertz CT molecular complexity index is 696. The lowest BCUT2D eigenvalue weighted by atomic mass is 10.00. The van der Waals surface area contributed by atoms with E-state index in [2.05, 4.69) is 11.4 Å². The van der Waals surface area contributed by atoms with Crippen molar-refractivity contribution in [1.82, 2.24) is 5.32 Å². The normalized spacial score (nSPS) is 16.6. The molecule has 1 atom stereocenters. The Morgan fingerprint density at radius 1 is 1.36 bits per heavy atom. The Hall–Kier alpha value is -1.97. The van der Waals surface area contributed by atoms with Crippen LogP contribution in [0.5, 0.6) is 5.75 Å². The molecule has 0 aliphatic heterocycles. The summed E-state index contributed by atoms with van der Waals surface area (Å²) in [6.45, 7) is 1.02. The predicted octanol–water partition coefficient (Wildman–Crippen LogP) is 3.26. The van der Waals surface area contributed by atoms with Crippen LogP contribution in [0.4, 0.5) is 0 Å². The maximum Gasteiger partial charge on any atom is 0.347 e. The van der Waals surface area contributed by atoms with E-state index in [0.29, 0.717) is 17.9 Å². The minimum Gasteiger partial charge on any atom is -0.477 e. The molecule has 0 heterocycles. The molecule has 134 valence electrons. The topological polar surface area (TPSA) is 88.4 Å². The summed E-state index contributed by atoms with van der Waals surface area (Å²) in [6.07, 6.45) is 2.04. The molecule has 1 aromatic carbocycles. The molecule has 0 saturated heterocycles. The average molecular weight is 385 g/mol. The predicted molar refractivity (Wildman–Crippen MR) is 92.5 cm³/mol. The molecule has 0 aromatic heterocycles. The fourth-order valence-corrected chi connectivity index (χ4v) is 3.06. The SMILES string of the molecule is CC(Oc1ccc(Cl)cc1Cl)C(=O)OCC(=O)NC1(C#N)CCCC1. The number of rotatable bonds is 6. The van der Waals surface area contributed by atoms with Crippen LogP contribution in [-0.2, 0) is 14.3 Å². The first-order chi connectivity index (χ1) is 11.8. The average Bonchev–Trinajstić information content (AvgIpc) is 3.04. The fourth-order valence-electron chi connectivity index (χ4n) is 2.61. The van der Waals surface area contributed by atoms with Crippen molar-refractivity contribution in [1.29, 1.82) is 5.26 Å². The monoisotopic (exact) mass is 384 g/mol. The Kier molecular flexibility index (Phi) is 6.51. The van der Waals surface area contributed by atoms with E-state index in [1.165, 1.54) is 19.1 Å². The van der Waals surface area contributed by atoms with Gasteiger partial charge in [0.15, 0.2) is 12.7 Å². The maximum atomic E-state index is 12.0. The Labute approximate surface area is 156 Å². The molecule has 1 amide bonds. The number of amides is 1. The van der Waals surface area contributed by atoms with Gasteiger partial charge in [-0.05, 0) is 50.8 Å². The summed E-state index contributed by atoms with van der Waals surface area (Å²) in [5.74, 6) is -0.929. The summed E-state index contributed by atoms with van der Waals surface area (Å²) in [6, 6.07) is 6.75. The minimum absolute atomic E-state index is 0.266. The summed E-state index contributed by atoms with van der Waals surface area (Å²) in [5, 5.41) is 12.6. The van der Waals surface area contributed by atoms with E-state index in [1.54, 1.807) is 6.07 Å². The number of nitrogens with zero attached hydrogens (tertiary/aromatic N) is 1. The number of esters is 1. The third-order valence-electron chi connectivity index (χ3n) is 3.92. The van der Waals surface area contributed by atoms with Crippen molar-refractivity contribution in [2.24, 2.45) is 0 Å². The summed E-state index contributed by atoms with van der Waals surface area (Å²) >= 11 is 11.8. The van der Waals surface area contributed by atoms with Crippen LogP contribution in [0.3, 0.4) is 0 Å². The Morgan fingerprint density at radius 3 is 2.64 bits per heavy atom.